The van der Waals surface area contributed by atoms with Crippen molar-refractivity contribution in [2.45, 2.75) is 37.0 Å². The molecular formula is C17H25N3O2S. The third-order valence-corrected chi connectivity index (χ3v) is 5.08. The second-order valence-corrected chi connectivity index (χ2v) is 6.98. The van der Waals surface area contributed by atoms with Crippen LogP contribution in [-0.4, -0.2) is 30.7 Å². The van der Waals surface area contributed by atoms with E-state index in [0.29, 0.717) is 24.5 Å². The molecule has 5 nitrogen and oxygen atoms in total. The van der Waals surface area contributed by atoms with Crippen LogP contribution in [0.1, 0.15) is 32.1 Å². The Kier molecular flexibility index (Phi) is 7.42. The molecule has 0 spiro atoms. The zero-order chi connectivity index (χ0) is 16.5. The Bertz CT molecular complexity index is 530. The lowest BCUT2D eigenvalue weighted by molar-refractivity contribution is -0.118. The normalized spacial score (nSPS) is 15.3. The van der Waals surface area contributed by atoms with Gasteiger partial charge in [-0.05, 0) is 50.4 Å². The first-order valence-electron chi connectivity index (χ1n) is 8.16. The van der Waals surface area contributed by atoms with Gasteiger partial charge in [0.25, 0.3) is 0 Å². The van der Waals surface area contributed by atoms with Gasteiger partial charge < -0.3 is 16.4 Å². The number of benzene rings is 1. The van der Waals surface area contributed by atoms with Gasteiger partial charge >= 0.3 is 0 Å². The summed E-state index contributed by atoms with van der Waals surface area (Å²) >= 11 is 1.54. The van der Waals surface area contributed by atoms with Crippen LogP contribution in [0.15, 0.2) is 29.2 Å². The number of para-hydroxylation sites is 1. The van der Waals surface area contributed by atoms with Crippen LogP contribution in [-0.2, 0) is 9.59 Å². The molecule has 0 aromatic heterocycles. The molecule has 126 valence electrons. The Morgan fingerprint density at radius 1 is 1.22 bits per heavy atom. The molecule has 6 heteroatoms. The second kappa shape index (κ2) is 9.57. The van der Waals surface area contributed by atoms with E-state index < -0.39 is 0 Å². The van der Waals surface area contributed by atoms with Crippen LogP contribution >= 0.6 is 11.8 Å². The van der Waals surface area contributed by atoms with Crippen LogP contribution in [0.3, 0.4) is 0 Å². The predicted molar refractivity (Wildman–Crippen MR) is 94.4 cm³/mol. The van der Waals surface area contributed by atoms with Gasteiger partial charge in [-0.3, -0.25) is 9.59 Å². The Morgan fingerprint density at radius 3 is 2.70 bits per heavy atom. The van der Waals surface area contributed by atoms with E-state index >= 15 is 0 Å². The molecule has 4 N–H and O–H groups in total. The molecule has 1 aromatic rings. The molecule has 1 aliphatic heterocycles. The van der Waals surface area contributed by atoms with Gasteiger partial charge in [-0.1, -0.05) is 12.1 Å². The minimum absolute atomic E-state index is 0.0616. The molecule has 23 heavy (non-hydrogen) atoms. The summed E-state index contributed by atoms with van der Waals surface area (Å²) in [6, 6.07) is 7.68. The average Bonchev–Trinajstić information content (AvgIpc) is 2.55. The van der Waals surface area contributed by atoms with E-state index in [1.807, 2.05) is 24.3 Å². The van der Waals surface area contributed by atoms with Gasteiger partial charge in [-0.25, -0.2) is 0 Å². The minimum Gasteiger partial charge on any atom is -0.370 e. The number of nitrogens with one attached hydrogen (secondary N) is 2. The lowest BCUT2D eigenvalue weighted by atomic mass is 9.93. The van der Waals surface area contributed by atoms with E-state index in [1.165, 1.54) is 11.8 Å². The molecule has 0 unspecified atom stereocenters. The first-order chi connectivity index (χ1) is 11.1. The Morgan fingerprint density at radius 2 is 1.96 bits per heavy atom. The molecule has 1 heterocycles. The number of carbonyl (C=O) groups excluding carboxylic acids is 2. The molecule has 0 atom stereocenters. The maximum atomic E-state index is 12.2. The lowest BCUT2D eigenvalue weighted by Gasteiger charge is -2.22. The topological polar surface area (TPSA) is 84.2 Å². The van der Waals surface area contributed by atoms with Crippen molar-refractivity contribution in [3.05, 3.63) is 24.3 Å². The van der Waals surface area contributed by atoms with Crippen LogP contribution in [0.5, 0.6) is 0 Å². The van der Waals surface area contributed by atoms with Crippen LogP contribution in [0.4, 0.5) is 5.69 Å². The molecular weight excluding hydrogens is 310 g/mol. The fraction of sp³-hybridized carbons (Fsp3) is 0.529. The number of nitrogens with two attached hydrogens (primary N) is 1. The predicted octanol–water partition coefficient (Wildman–Crippen LogP) is 2.37. The third kappa shape index (κ3) is 6.62. The van der Waals surface area contributed by atoms with Crippen molar-refractivity contribution in [2.24, 2.45) is 11.7 Å². The van der Waals surface area contributed by atoms with Gasteiger partial charge in [0.1, 0.15) is 0 Å². The van der Waals surface area contributed by atoms with Gasteiger partial charge in [0.2, 0.25) is 11.8 Å². The van der Waals surface area contributed by atoms with E-state index in [2.05, 4.69) is 10.6 Å². The number of thioether (sulfide) groups is 1. The molecule has 1 fully saturated rings. The molecule has 1 aromatic carbocycles. The molecule has 1 saturated heterocycles. The first-order valence-corrected chi connectivity index (χ1v) is 9.14. The SMILES string of the molecule is NC(=O)CCSc1ccccc1NC(=O)CCC1CCNCC1. The number of primary amides is 1. The van der Waals surface area contributed by atoms with Gasteiger partial charge in [-0.15, -0.1) is 11.8 Å². The van der Waals surface area contributed by atoms with Gasteiger partial charge in [0.05, 0.1) is 5.69 Å². The summed E-state index contributed by atoms with van der Waals surface area (Å²) in [4.78, 5) is 24.0. The zero-order valence-corrected chi connectivity index (χ0v) is 14.2. The molecule has 0 bridgehead atoms. The van der Waals surface area contributed by atoms with E-state index in [9.17, 15) is 9.59 Å². The van der Waals surface area contributed by atoms with Gasteiger partial charge in [0.15, 0.2) is 0 Å². The highest BCUT2D eigenvalue weighted by Gasteiger charge is 2.15. The molecule has 0 aliphatic carbocycles. The van der Waals surface area contributed by atoms with Gasteiger partial charge in [-0.2, -0.15) is 0 Å². The van der Waals surface area contributed by atoms with Crippen molar-refractivity contribution >= 4 is 29.3 Å². The first kappa shape index (κ1) is 17.8. The van der Waals surface area contributed by atoms with Crippen LogP contribution in [0.25, 0.3) is 0 Å². The number of rotatable bonds is 8. The summed E-state index contributed by atoms with van der Waals surface area (Å²) in [5.74, 6) is 1.03. The maximum Gasteiger partial charge on any atom is 0.224 e. The lowest BCUT2D eigenvalue weighted by Crippen LogP contribution is -2.28. The minimum atomic E-state index is -0.305. The second-order valence-electron chi connectivity index (χ2n) is 5.84. The summed E-state index contributed by atoms with van der Waals surface area (Å²) in [5, 5.41) is 6.34. The van der Waals surface area contributed by atoms with Crippen molar-refractivity contribution in [3.8, 4) is 0 Å². The van der Waals surface area contributed by atoms with E-state index in [1.54, 1.807) is 0 Å². The van der Waals surface area contributed by atoms with E-state index in [-0.39, 0.29) is 11.8 Å². The summed E-state index contributed by atoms with van der Waals surface area (Å²) in [7, 11) is 0. The number of carbonyl (C=O) groups is 2. The Balaban J connectivity index is 1.81. The third-order valence-electron chi connectivity index (χ3n) is 4.01. The summed E-state index contributed by atoms with van der Waals surface area (Å²) in [6.45, 7) is 2.12. The highest BCUT2D eigenvalue weighted by molar-refractivity contribution is 7.99. The number of amides is 2. The quantitative estimate of drug-likeness (QED) is 0.637. The highest BCUT2D eigenvalue weighted by atomic mass is 32.2. The molecule has 1 aliphatic rings. The molecule has 2 rings (SSSR count). The summed E-state index contributed by atoms with van der Waals surface area (Å²) in [5.41, 5.74) is 5.98. The largest absolute Gasteiger partial charge is 0.370 e. The monoisotopic (exact) mass is 335 g/mol. The van der Waals surface area contributed by atoms with Crippen molar-refractivity contribution in [1.82, 2.24) is 5.32 Å². The van der Waals surface area contributed by atoms with Gasteiger partial charge in [0, 0.05) is 23.5 Å². The number of piperidine rings is 1. The fourth-order valence-corrected chi connectivity index (χ4v) is 3.65. The molecule has 0 radical (unpaired) electrons. The number of hydrogen-bond donors (Lipinski definition) is 3. The van der Waals surface area contributed by atoms with E-state index in [4.69, 9.17) is 5.73 Å². The van der Waals surface area contributed by atoms with Crippen molar-refractivity contribution in [1.29, 1.82) is 0 Å². The number of anilines is 1. The smallest absolute Gasteiger partial charge is 0.224 e. The maximum absolute atomic E-state index is 12.2. The van der Waals surface area contributed by atoms with E-state index in [0.717, 1.165) is 42.9 Å². The molecule has 0 saturated carbocycles. The summed E-state index contributed by atoms with van der Waals surface area (Å²) < 4.78 is 0. The molecule has 2 amide bonds. The van der Waals surface area contributed by atoms with Crippen molar-refractivity contribution in [3.63, 3.8) is 0 Å². The highest BCUT2D eigenvalue weighted by Crippen LogP contribution is 2.28. The average molecular weight is 335 g/mol. The standard InChI is InChI=1S/C17H25N3O2S/c18-16(21)9-12-23-15-4-2-1-3-14(15)20-17(22)6-5-13-7-10-19-11-8-13/h1-4,13,19H,5-12H2,(H2,18,21)(H,20,22). The van der Waals surface area contributed by atoms with Crippen LogP contribution in [0, 0.1) is 5.92 Å². The Hall–Kier alpha value is -1.53. The Labute approximate surface area is 141 Å². The van der Waals surface area contributed by atoms with Crippen molar-refractivity contribution in [2.75, 3.05) is 24.2 Å². The fourth-order valence-electron chi connectivity index (χ4n) is 2.68. The van der Waals surface area contributed by atoms with Crippen LogP contribution < -0.4 is 16.4 Å². The summed E-state index contributed by atoms with van der Waals surface area (Å²) in [6.07, 6.45) is 4.16. The zero-order valence-electron chi connectivity index (χ0n) is 13.3. The van der Waals surface area contributed by atoms with Crippen molar-refractivity contribution < 1.29 is 9.59 Å². The van der Waals surface area contributed by atoms with Crippen LogP contribution in [0.2, 0.25) is 0 Å². The number of hydrogen-bond acceptors (Lipinski definition) is 4.